The SMILES string of the molecule is CCCC(NC(=O)[C@@H]1[C@@H]2[C@H](CN1C(=O)[C@@H](NC(=O)NC1(CS(=O)(=O)C(C)(C)C)CCCCC1)C1(C)CCCCC1)[C@@]2(C)COC(=O)C(C)(C)C)C(=O)C(=O)NC1CC1. The number of ether oxygens (including phenoxy) is 1. The molecular weight excluding hydrogens is 763 g/mol. The maximum absolute atomic E-state index is 15.2. The van der Waals surface area contributed by atoms with Gasteiger partial charge in [0.1, 0.15) is 12.1 Å². The molecule has 4 aliphatic carbocycles. The zero-order valence-corrected chi connectivity index (χ0v) is 37.3. The monoisotopic (exact) mass is 833 g/mol. The molecule has 0 aromatic carbocycles. The molecule has 15 heteroatoms. The van der Waals surface area contributed by atoms with E-state index in [0.29, 0.717) is 32.1 Å². The fraction of sp³-hybridized carbons (Fsp3) is 0.860. The van der Waals surface area contributed by atoms with Crippen molar-refractivity contribution in [1.29, 1.82) is 0 Å². The Kier molecular flexibility index (Phi) is 13.5. The average molecular weight is 834 g/mol. The van der Waals surface area contributed by atoms with E-state index in [1.165, 1.54) is 4.90 Å². The molecule has 5 rings (SSSR count). The lowest BCUT2D eigenvalue weighted by Gasteiger charge is -2.44. The molecular formula is C43H71N5O9S. The van der Waals surface area contributed by atoms with Crippen LogP contribution in [0.1, 0.15) is 152 Å². The number of ketones is 1. The first-order chi connectivity index (χ1) is 26.9. The van der Waals surface area contributed by atoms with Crippen LogP contribution in [0.2, 0.25) is 0 Å². The van der Waals surface area contributed by atoms with Crippen LogP contribution in [0.3, 0.4) is 0 Å². The van der Waals surface area contributed by atoms with E-state index in [1.54, 1.807) is 41.5 Å². The highest BCUT2D eigenvalue weighted by Crippen LogP contribution is 2.65. The third-order valence-electron chi connectivity index (χ3n) is 13.8. The van der Waals surface area contributed by atoms with Gasteiger partial charge in [0.25, 0.3) is 5.91 Å². The molecule has 0 aromatic heterocycles. The predicted octanol–water partition coefficient (Wildman–Crippen LogP) is 4.73. The van der Waals surface area contributed by atoms with Crippen LogP contribution in [0.15, 0.2) is 0 Å². The van der Waals surface area contributed by atoms with E-state index < -0.39 is 89.9 Å². The molecule has 328 valence electrons. The van der Waals surface area contributed by atoms with Gasteiger partial charge in [-0.3, -0.25) is 24.0 Å². The maximum Gasteiger partial charge on any atom is 0.315 e. The van der Waals surface area contributed by atoms with Crippen LogP contribution in [-0.2, 0) is 38.5 Å². The molecule has 4 N–H and O–H groups in total. The Morgan fingerprint density at radius 1 is 0.845 bits per heavy atom. The number of fused-ring (bicyclic) bond motifs is 1. The van der Waals surface area contributed by atoms with E-state index in [9.17, 15) is 32.4 Å². The first-order valence-electron chi connectivity index (χ1n) is 21.8. The molecule has 0 radical (unpaired) electrons. The van der Waals surface area contributed by atoms with E-state index in [1.807, 2.05) is 20.8 Å². The molecule has 58 heavy (non-hydrogen) atoms. The zero-order chi connectivity index (χ0) is 43.1. The highest BCUT2D eigenvalue weighted by molar-refractivity contribution is 7.92. The standard InChI is InChI=1S/C43H71N5O9S/c1-10-17-29(32(49)35(51)44-27-18-19-27)45-34(50)31-30-28(42(30,9)25-57-37(53)39(2,3)4)24-48(31)36(52)33(41(8)20-13-11-14-21-41)46-38(54)47-43(22-15-12-16-23-43)26-58(55,56)40(5,6)7/h27-31,33H,10-26H2,1-9H3,(H,44,51)(H,45,50)(H2,46,47,54)/t28-,29?,30-,31-,33+,42+/m0/s1. The summed E-state index contributed by atoms with van der Waals surface area (Å²) in [5.41, 5.74) is -3.03. The number of carbonyl (C=O) groups is 6. The number of hydrogen-bond acceptors (Lipinski definition) is 9. The minimum absolute atomic E-state index is 0.0419. The van der Waals surface area contributed by atoms with Gasteiger partial charge in [-0.1, -0.05) is 65.7 Å². The Morgan fingerprint density at radius 3 is 1.97 bits per heavy atom. The Balaban J connectivity index is 1.44. The summed E-state index contributed by atoms with van der Waals surface area (Å²) >= 11 is 0. The van der Waals surface area contributed by atoms with Gasteiger partial charge in [0, 0.05) is 23.9 Å². The summed E-state index contributed by atoms with van der Waals surface area (Å²) in [5, 5.41) is 11.7. The van der Waals surface area contributed by atoms with Crippen LogP contribution in [0, 0.1) is 28.1 Å². The summed E-state index contributed by atoms with van der Waals surface area (Å²) in [6, 6.07) is -3.85. The van der Waals surface area contributed by atoms with Gasteiger partial charge < -0.3 is 30.9 Å². The van der Waals surface area contributed by atoms with E-state index in [2.05, 4.69) is 21.3 Å². The summed E-state index contributed by atoms with van der Waals surface area (Å²) in [5.74, 6) is -3.68. The number of urea groups is 1. The highest BCUT2D eigenvalue weighted by atomic mass is 32.2. The largest absolute Gasteiger partial charge is 0.465 e. The van der Waals surface area contributed by atoms with Crippen molar-refractivity contribution in [1.82, 2.24) is 26.2 Å². The number of amides is 5. The van der Waals surface area contributed by atoms with Gasteiger partial charge in [0.05, 0.1) is 34.1 Å². The van der Waals surface area contributed by atoms with Crippen LogP contribution >= 0.6 is 0 Å². The average Bonchev–Trinajstić information content (AvgIpc) is 4.00. The number of Topliss-reactive ketones (excluding diaryl/α,β-unsaturated/α-hetero) is 1. The van der Waals surface area contributed by atoms with E-state index >= 15 is 4.79 Å². The molecule has 5 fully saturated rings. The summed E-state index contributed by atoms with van der Waals surface area (Å²) in [4.78, 5) is 84.7. The topological polar surface area (TPSA) is 197 Å². The fourth-order valence-electron chi connectivity index (χ4n) is 9.62. The van der Waals surface area contributed by atoms with Crippen molar-refractivity contribution in [2.45, 2.75) is 187 Å². The minimum atomic E-state index is -3.61. The Labute approximate surface area is 346 Å². The number of sulfone groups is 1. The van der Waals surface area contributed by atoms with Gasteiger partial charge >= 0.3 is 12.0 Å². The lowest BCUT2D eigenvalue weighted by atomic mass is 9.70. The van der Waals surface area contributed by atoms with Gasteiger partial charge in [-0.25, -0.2) is 13.2 Å². The second-order valence-electron chi connectivity index (χ2n) is 20.8. The Hall–Kier alpha value is -3.23. The van der Waals surface area contributed by atoms with Crippen LogP contribution in [-0.4, -0.2) is 102 Å². The van der Waals surface area contributed by atoms with Gasteiger partial charge in [-0.15, -0.1) is 0 Å². The second kappa shape index (κ2) is 17.0. The maximum atomic E-state index is 15.2. The van der Waals surface area contributed by atoms with Crippen molar-refractivity contribution < 1.29 is 41.9 Å². The molecule has 1 heterocycles. The van der Waals surface area contributed by atoms with Crippen LogP contribution < -0.4 is 21.3 Å². The van der Waals surface area contributed by atoms with Gasteiger partial charge in [0.15, 0.2) is 9.84 Å². The van der Waals surface area contributed by atoms with E-state index in [0.717, 1.165) is 51.4 Å². The number of rotatable bonds is 15. The lowest BCUT2D eigenvalue weighted by Crippen LogP contribution is -2.65. The van der Waals surface area contributed by atoms with Crippen molar-refractivity contribution in [2.24, 2.45) is 28.1 Å². The zero-order valence-electron chi connectivity index (χ0n) is 36.5. The molecule has 5 amide bonds. The van der Waals surface area contributed by atoms with Crippen molar-refractivity contribution in [3.8, 4) is 0 Å². The number of piperidine rings is 1. The number of esters is 1. The van der Waals surface area contributed by atoms with Crippen LogP contribution in [0.5, 0.6) is 0 Å². The summed E-state index contributed by atoms with van der Waals surface area (Å²) in [7, 11) is -3.61. The minimum Gasteiger partial charge on any atom is -0.465 e. The third-order valence-corrected chi connectivity index (χ3v) is 16.6. The number of hydrogen-bond donors (Lipinski definition) is 4. The molecule has 0 bridgehead atoms. The normalized spacial score (nSPS) is 27.6. The van der Waals surface area contributed by atoms with Gasteiger partial charge in [-0.2, -0.15) is 0 Å². The summed E-state index contributed by atoms with van der Waals surface area (Å²) < 4.78 is 31.8. The van der Waals surface area contributed by atoms with Gasteiger partial charge in [-0.05, 0) is 97.8 Å². The van der Waals surface area contributed by atoms with Crippen molar-refractivity contribution in [3.63, 3.8) is 0 Å². The molecule has 1 aliphatic heterocycles. The van der Waals surface area contributed by atoms with E-state index in [-0.39, 0.29) is 43.3 Å². The third kappa shape index (κ3) is 10.0. The van der Waals surface area contributed by atoms with Crippen LogP contribution in [0.25, 0.3) is 0 Å². The van der Waals surface area contributed by atoms with Crippen LogP contribution in [0.4, 0.5) is 4.79 Å². The Bertz CT molecular complexity index is 1700. The van der Waals surface area contributed by atoms with Crippen molar-refractivity contribution in [2.75, 3.05) is 18.9 Å². The first kappa shape index (κ1) is 45.8. The summed E-state index contributed by atoms with van der Waals surface area (Å²) in [6.07, 6.45) is 9.83. The molecule has 0 spiro atoms. The fourth-order valence-corrected chi connectivity index (χ4v) is 11.1. The molecule has 14 nitrogen and oxygen atoms in total. The highest BCUT2D eigenvalue weighted by Gasteiger charge is 2.73. The number of nitrogens with zero attached hydrogens (tertiary/aromatic N) is 1. The van der Waals surface area contributed by atoms with E-state index in [4.69, 9.17) is 4.74 Å². The van der Waals surface area contributed by atoms with Crippen molar-refractivity contribution in [3.05, 3.63) is 0 Å². The number of nitrogens with one attached hydrogen (secondary N) is 4. The summed E-state index contributed by atoms with van der Waals surface area (Å²) in [6.45, 7) is 16.3. The number of carbonyl (C=O) groups excluding carboxylic acids is 6. The molecule has 1 saturated heterocycles. The lowest BCUT2D eigenvalue weighted by molar-refractivity contribution is -0.156. The molecule has 6 atom stereocenters. The smallest absolute Gasteiger partial charge is 0.315 e. The molecule has 1 unspecified atom stereocenters. The number of likely N-dealkylation sites (tertiary alicyclic amines) is 1. The second-order valence-corrected chi connectivity index (χ2v) is 23.6. The quantitative estimate of drug-likeness (QED) is 0.133. The van der Waals surface area contributed by atoms with Gasteiger partial charge in [0.2, 0.25) is 17.6 Å². The first-order valence-corrected chi connectivity index (χ1v) is 23.5. The molecule has 4 saturated carbocycles. The predicted molar refractivity (Wildman–Crippen MR) is 220 cm³/mol. The molecule has 0 aromatic rings. The Morgan fingerprint density at radius 2 is 1.43 bits per heavy atom. The molecule has 5 aliphatic rings. The van der Waals surface area contributed by atoms with Crippen molar-refractivity contribution >= 4 is 45.3 Å².